The second-order valence-electron chi connectivity index (χ2n) is 6.51. The number of benzene rings is 3. The highest BCUT2D eigenvalue weighted by atomic mass is 35.5. The minimum Gasteiger partial charge on any atom is -0.502 e. The lowest BCUT2D eigenvalue weighted by molar-refractivity contribution is -0.385. The molecule has 0 amide bonds. The zero-order chi connectivity index (χ0) is 19.4. The Morgan fingerprint density at radius 2 is 1.89 bits per heavy atom. The lowest BCUT2D eigenvalue weighted by atomic mass is 10.0. The molecule has 0 aliphatic carbocycles. The number of imidazole rings is 1. The number of aromatic nitrogens is 2. The van der Waals surface area contributed by atoms with E-state index in [0.717, 1.165) is 28.4 Å². The molecule has 1 atom stereocenters. The molecule has 28 heavy (non-hydrogen) atoms. The first-order valence-corrected chi connectivity index (χ1v) is 8.92. The summed E-state index contributed by atoms with van der Waals surface area (Å²) < 4.78 is 1.92. The number of halogens is 1. The number of aromatic hydroxyl groups is 1. The summed E-state index contributed by atoms with van der Waals surface area (Å²) >= 11 is 6.14. The largest absolute Gasteiger partial charge is 0.502 e. The highest BCUT2D eigenvalue weighted by Crippen LogP contribution is 2.45. The van der Waals surface area contributed by atoms with Gasteiger partial charge in [0.2, 0.25) is 5.75 Å². The summed E-state index contributed by atoms with van der Waals surface area (Å²) in [7, 11) is 0. The lowest BCUT2D eigenvalue weighted by Crippen LogP contribution is -2.25. The predicted molar refractivity (Wildman–Crippen MR) is 107 cm³/mol. The first-order chi connectivity index (χ1) is 13.5. The third kappa shape index (κ3) is 2.33. The van der Waals surface area contributed by atoms with Gasteiger partial charge in [-0.05, 0) is 30.3 Å². The minimum absolute atomic E-state index is 0.172. The molecular weight excluding hydrogens is 380 g/mol. The van der Waals surface area contributed by atoms with Crippen LogP contribution in [0.4, 0.5) is 11.4 Å². The van der Waals surface area contributed by atoms with Gasteiger partial charge >= 0.3 is 5.69 Å². The van der Waals surface area contributed by atoms with Crippen LogP contribution in [0.3, 0.4) is 0 Å². The van der Waals surface area contributed by atoms with Crippen molar-refractivity contribution in [2.75, 3.05) is 5.32 Å². The lowest BCUT2D eigenvalue weighted by Gasteiger charge is -2.30. The molecule has 138 valence electrons. The van der Waals surface area contributed by atoms with Gasteiger partial charge in [-0.15, -0.1) is 0 Å². The summed E-state index contributed by atoms with van der Waals surface area (Å²) in [6, 6.07) is 18.0. The van der Waals surface area contributed by atoms with Crippen LogP contribution in [0, 0.1) is 10.1 Å². The topological polar surface area (TPSA) is 93.2 Å². The van der Waals surface area contributed by atoms with Crippen molar-refractivity contribution in [3.63, 3.8) is 0 Å². The molecule has 0 spiro atoms. The van der Waals surface area contributed by atoms with E-state index in [2.05, 4.69) is 5.32 Å². The third-order valence-corrected chi connectivity index (χ3v) is 5.11. The Hall–Kier alpha value is -3.58. The van der Waals surface area contributed by atoms with Crippen molar-refractivity contribution in [3.05, 3.63) is 81.4 Å². The van der Waals surface area contributed by atoms with Crippen LogP contribution >= 0.6 is 11.6 Å². The molecule has 1 aromatic heterocycles. The van der Waals surface area contributed by atoms with Crippen LogP contribution < -0.4 is 5.32 Å². The molecule has 0 unspecified atom stereocenters. The van der Waals surface area contributed by atoms with Gasteiger partial charge in [0.05, 0.1) is 16.0 Å². The zero-order valence-corrected chi connectivity index (χ0v) is 15.1. The highest BCUT2D eigenvalue weighted by Gasteiger charge is 2.32. The van der Waals surface area contributed by atoms with E-state index in [1.54, 1.807) is 0 Å². The van der Waals surface area contributed by atoms with E-state index in [-0.39, 0.29) is 5.02 Å². The Morgan fingerprint density at radius 1 is 1.14 bits per heavy atom. The number of hydrogen-bond donors (Lipinski definition) is 2. The van der Waals surface area contributed by atoms with Gasteiger partial charge in [-0.2, -0.15) is 0 Å². The number of hydrogen-bond acceptors (Lipinski definition) is 5. The number of nitrogens with one attached hydrogen (secondary N) is 1. The molecule has 1 aliphatic rings. The molecule has 1 aliphatic heterocycles. The number of anilines is 1. The average molecular weight is 393 g/mol. The molecule has 0 saturated heterocycles. The number of rotatable bonds is 2. The Labute approximate surface area is 164 Å². The van der Waals surface area contributed by atoms with Crippen molar-refractivity contribution in [3.8, 4) is 17.1 Å². The molecule has 4 aromatic rings. The Morgan fingerprint density at radius 3 is 2.71 bits per heavy atom. The van der Waals surface area contributed by atoms with Crippen LogP contribution in [0.5, 0.6) is 5.75 Å². The van der Waals surface area contributed by atoms with Crippen LogP contribution in [-0.4, -0.2) is 19.6 Å². The van der Waals surface area contributed by atoms with Crippen molar-refractivity contribution < 1.29 is 10.0 Å². The number of para-hydroxylation sites is 3. The average Bonchev–Trinajstić information content (AvgIpc) is 3.09. The highest BCUT2D eigenvalue weighted by molar-refractivity contribution is 6.31. The van der Waals surface area contributed by atoms with E-state index in [1.165, 1.54) is 6.07 Å². The summed E-state index contributed by atoms with van der Waals surface area (Å²) in [6.45, 7) is 0. The van der Waals surface area contributed by atoms with Gasteiger partial charge in [-0.1, -0.05) is 35.9 Å². The monoisotopic (exact) mass is 392 g/mol. The van der Waals surface area contributed by atoms with E-state index in [0.29, 0.717) is 11.4 Å². The SMILES string of the molecule is O=[N+]([O-])c1cc(Cl)cc([C@H]2Nc3ccccc3-c3nc4ccccc4n32)c1O. The second kappa shape index (κ2) is 5.97. The van der Waals surface area contributed by atoms with Gasteiger partial charge in [0.15, 0.2) is 0 Å². The zero-order valence-electron chi connectivity index (χ0n) is 14.3. The number of fused-ring (bicyclic) bond motifs is 5. The summed E-state index contributed by atoms with van der Waals surface area (Å²) in [5.41, 5.74) is 3.22. The van der Waals surface area contributed by atoms with E-state index < -0.39 is 22.5 Å². The summed E-state index contributed by atoms with van der Waals surface area (Å²) in [5, 5.41) is 25.5. The van der Waals surface area contributed by atoms with Gasteiger partial charge in [-0.3, -0.25) is 14.7 Å². The van der Waals surface area contributed by atoms with Crippen LogP contribution in [0.2, 0.25) is 5.02 Å². The first-order valence-electron chi connectivity index (χ1n) is 8.54. The van der Waals surface area contributed by atoms with Gasteiger partial charge in [0.1, 0.15) is 12.0 Å². The predicted octanol–water partition coefficient (Wildman–Crippen LogP) is 4.94. The third-order valence-electron chi connectivity index (χ3n) is 4.89. The molecule has 2 heterocycles. The molecule has 0 radical (unpaired) electrons. The number of nitro benzene ring substituents is 1. The second-order valence-corrected chi connectivity index (χ2v) is 6.94. The van der Waals surface area contributed by atoms with Crippen molar-refractivity contribution in [1.29, 1.82) is 0 Å². The van der Waals surface area contributed by atoms with Crippen molar-refractivity contribution in [2.24, 2.45) is 0 Å². The van der Waals surface area contributed by atoms with E-state index in [4.69, 9.17) is 16.6 Å². The summed E-state index contributed by atoms with van der Waals surface area (Å²) in [4.78, 5) is 15.5. The molecule has 2 N–H and O–H groups in total. The Kier molecular flexibility index (Phi) is 3.53. The van der Waals surface area contributed by atoms with Gasteiger partial charge in [0.25, 0.3) is 0 Å². The molecular formula is C20H13ClN4O3. The van der Waals surface area contributed by atoms with Gasteiger partial charge < -0.3 is 10.4 Å². The van der Waals surface area contributed by atoms with Crippen molar-refractivity contribution in [2.45, 2.75) is 6.17 Å². The quantitative estimate of drug-likeness (QED) is 0.372. The number of nitro groups is 1. The standard InChI is InChI=1S/C20H13ClN4O3/c21-11-9-13(18(26)17(10-11)25(27)28)20-22-14-6-2-1-5-12(14)19-23-15-7-3-4-8-16(15)24(19)20/h1-10,20,22,26H/t20-/m0/s1. The fraction of sp³-hybridized carbons (Fsp3) is 0.0500. The molecule has 3 aromatic carbocycles. The number of phenols is 1. The maximum Gasteiger partial charge on any atom is 0.312 e. The molecule has 0 bridgehead atoms. The van der Waals surface area contributed by atoms with Crippen LogP contribution in [-0.2, 0) is 0 Å². The van der Waals surface area contributed by atoms with Gasteiger partial charge in [0, 0.05) is 27.9 Å². The minimum atomic E-state index is -0.644. The molecule has 7 nitrogen and oxygen atoms in total. The molecule has 0 saturated carbocycles. The number of nitrogens with zero attached hydrogens (tertiary/aromatic N) is 3. The van der Waals surface area contributed by atoms with E-state index in [1.807, 2.05) is 53.1 Å². The Bertz CT molecular complexity index is 1270. The molecule has 0 fully saturated rings. The van der Waals surface area contributed by atoms with Crippen LogP contribution in [0.25, 0.3) is 22.4 Å². The fourth-order valence-corrected chi connectivity index (χ4v) is 3.90. The van der Waals surface area contributed by atoms with Crippen molar-refractivity contribution in [1.82, 2.24) is 9.55 Å². The normalized spacial score (nSPS) is 15.0. The smallest absolute Gasteiger partial charge is 0.312 e. The molecule has 5 rings (SSSR count). The van der Waals surface area contributed by atoms with Gasteiger partial charge in [-0.25, -0.2) is 4.98 Å². The fourth-order valence-electron chi connectivity index (χ4n) is 3.68. The first kappa shape index (κ1) is 16.6. The van der Waals surface area contributed by atoms with Crippen LogP contribution in [0.1, 0.15) is 11.7 Å². The van der Waals surface area contributed by atoms with Crippen molar-refractivity contribution >= 4 is 34.0 Å². The Balaban J connectivity index is 1.83. The van der Waals surface area contributed by atoms with E-state index in [9.17, 15) is 15.2 Å². The van der Waals surface area contributed by atoms with Crippen LogP contribution in [0.15, 0.2) is 60.7 Å². The molecule has 8 heteroatoms. The summed E-state index contributed by atoms with van der Waals surface area (Å²) in [6.07, 6.45) is -0.616. The van der Waals surface area contributed by atoms with E-state index >= 15 is 0 Å². The summed E-state index contributed by atoms with van der Waals surface area (Å²) in [5.74, 6) is 0.289. The maximum absolute atomic E-state index is 11.4. The number of phenolic OH excluding ortho intramolecular Hbond substituents is 1. The maximum atomic E-state index is 11.4.